The van der Waals surface area contributed by atoms with Gasteiger partial charge in [-0.15, -0.1) is 0 Å². The van der Waals surface area contributed by atoms with Gasteiger partial charge in [0.2, 0.25) is 5.89 Å². The fraction of sp³-hybridized carbons (Fsp3) is 0.0714. The highest BCUT2D eigenvalue weighted by Gasteiger charge is 2.12. The van der Waals surface area contributed by atoms with Gasteiger partial charge in [0.05, 0.1) is 10.8 Å². The normalized spacial score (nSPS) is 12.7. The zero-order chi connectivity index (χ0) is 14.1. The molecule has 0 bridgehead atoms. The molecule has 3 rings (SSSR count). The minimum absolute atomic E-state index is 0.0953. The maximum atomic E-state index is 13.1. The zero-order valence-electron chi connectivity index (χ0n) is 10.4. The average molecular weight is 290 g/mol. The number of hydrogen-bond donors (Lipinski definition) is 1. The van der Waals surface area contributed by atoms with Gasteiger partial charge in [-0.3, -0.25) is 4.21 Å². The number of halogens is 1. The molecule has 0 amide bonds. The first-order chi connectivity index (χ1) is 9.61. The summed E-state index contributed by atoms with van der Waals surface area (Å²) in [6.45, 7) is 0. The third kappa shape index (κ3) is 2.55. The zero-order valence-corrected chi connectivity index (χ0v) is 11.2. The van der Waals surface area contributed by atoms with E-state index in [1.54, 1.807) is 24.3 Å². The molecule has 0 aliphatic heterocycles. The standard InChI is InChI=1S/C14H11FN2O2S/c15-9-2-1-3-11(6-9)20(18)8-14-17-12-5-4-10(16)7-13(12)19-14/h1-7H,8,16H2. The molecule has 2 N–H and O–H groups in total. The van der Waals surface area contributed by atoms with Crippen LogP contribution in [0.5, 0.6) is 0 Å². The predicted octanol–water partition coefficient (Wildman–Crippen LogP) is 2.86. The van der Waals surface area contributed by atoms with Gasteiger partial charge >= 0.3 is 0 Å². The van der Waals surface area contributed by atoms with Crippen LogP contribution in [0, 0.1) is 5.82 Å². The van der Waals surface area contributed by atoms with Crippen molar-refractivity contribution < 1.29 is 13.0 Å². The number of nitrogen functional groups attached to an aromatic ring is 1. The van der Waals surface area contributed by atoms with Crippen LogP contribution in [-0.4, -0.2) is 9.19 Å². The first-order valence-electron chi connectivity index (χ1n) is 5.91. The van der Waals surface area contributed by atoms with E-state index in [-0.39, 0.29) is 5.75 Å². The van der Waals surface area contributed by atoms with Crippen molar-refractivity contribution in [1.29, 1.82) is 0 Å². The number of nitrogens with two attached hydrogens (primary N) is 1. The Bertz CT molecular complexity index is 801. The molecule has 1 aromatic heterocycles. The van der Waals surface area contributed by atoms with E-state index in [0.717, 1.165) is 0 Å². The molecule has 0 aliphatic rings. The van der Waals surface area contributed by atoms with E-state index in [9.17, 15) is 8.60 Å². The van der Waals surface area contributed by atoms with Crippen LogP contribution in [0.4, 0.5) is 10.1 Å². The summed E-state index contributed by atoms with van der Waals surface area (Å²) in [6, 6.07) is 10.8. The minimum Gasteiger partial charge on any atom is -0.440 e. The van der Waals surface area contributed by atoms with Gasteiger partial charge < -0.3 is 10.2 Å². The molecule has 0 spiro atoms. The topological polar surface area (TPSA) is 69.1 Å². The number of aromatic nitrogens is 1. The van der Waals surface area contributed by atoms with Crippen molar-refractivity contribution in [2.75, 3.05) is 5.73 Å². The van der Waals surface area contributed by atoms with Crippen molar-refractivity contribution in [3.05, 3.63) is 54.2 Å². The van der Waals surface area contributed by atoms with E-state index < -0.39 is 16.6 Å². The lowest BCUT2D eigenvalue weighted by atomic mass is 10.3. The van der Waals surface area contributed by atoms with Gasteiger partial charge in [0.25, 0.3) is 0 Å². The van der Waals surface area contributed by atoms with Crippen molar-refractivity contribution in [3.63, 3.8) is 0 Å². The minimum atomic E-state index is -1.40. The highest BCUT2D eigenvalue weighted by molar-refractivity contribution is 7.84. The van der Waals surface area contributed by atoms with Crippen LogP contribution in [-0.2, 0) is 16.6 Å². The Morgan fingerprint density at radius 1 is 1.25 bits per heavy atom. The van der Waals surface area contributed by atoms with E-state index in [4.69, 9.17) is 10.2 Å². The summed E-state index contributed by atoms with van der Waals surface area (Å²) in [4.78, 5) is 4.64. The van der Waals surface area contributed by atoms with Gasteiger partial charge in [-0.2, -0.15) is 0 Å². The van der Waals surface area contributed by atoms with Gasteiger partial charge in [0, 0.05) is 16.6 Å². The molecule has 1 atom stereocenters. The monoisotopic (exact) mass is 290 g/mol. The van der Waals surface area contributed by atoms with Crippen LogP contribution in [0.25, 0.3) is 11.1 Å². The van der Waals surface area contributed by atoms with Crippen molar-refractivity contribution >= 4 is 27.6 Å². The Morgan fingerprint density at radius 2 is 2.10 bits per heavy atom. The molecule has 4 nitrogen and oxygen atoms in total. The predicted molar refractivity (Wildman–Crippen MR) is 74.9 cm³/mol. The molecule has 102 valence electrons. The molecule has 0 saturated carbocycles. The van der Waals surface area contributed by atoms with Gasteiger partial charge in [0.1, 0.15) is 17.1 Å². The van der Waals surface area contributed by atoms with Crippen LogP contribution >= 0.6 is 0 Å². The number of benzene rings is 2. The van der Waals surface area contributed by atoms with Crippen molar-refractivity contribution in [2.24, 2.45) is 0 Å². The summed E-state index contributed by atoms with van der Waals surface area (Å²) >= 11 is 0. The van der Waals surface area contributed by atoms with Gasteiger partial charge in [-0.05, 0) is 30.3 Å². The molecular formula is C14H11FN2O2S. The molecular weight excluding hydrogens is 279 g/mol. The molecule has 0 fully saturated rings. The average Bonchev–Trinajstić information content (AvgIpc) is 2.80. The summed E-state index contributed by atoms with van der Waals surface area (Å²) < 4.78 is 30.7. The number of oxazole rings is 1. The number of hydrogen-bond acceptors (Lipinski definition) is 4. The lowest BCUT2D eigenvalue weighted by Crippen LogP contribution is -1.97. The molecule has 3 aromatic rings. The quantitative estimate of drug-likeness (QED) is 0.753. The lowest BCUT2D eigenvalue weighted by molar-refractivity contribution is 0.552. The van der Waals surface area contributed by atoms with Crippen LogP contribution in [0.3, 0.4) is 0 Å². The molecule has 0 aliphatic carbocycles. The van der Waals surface area contributed by atoms with Crippen LogP contribution < -0.4 is 5.73 Å². The van der Waals surface area contributed by atoms with E-state index >= 15 is 0 Å². The number of rotatable bonds is 3. The van der Waals surface area contributed by atoms with Crippen LogP contribution in [0.2, 0.25) is 0 Å². The van der Waals surface area contributed by atoms with Crippen molar-refractivity contribution in [1.82, 2.24) is 4.98 Å². The molecule has 2 aromatic carbocycles. The number of nitrogens with zero attached hydrogens (tertiary/aromatic N) is 1. The Labute approximate surface area is 116 Å². The highest BCUT2D eigenvalue weighted by atomic mass is 32.2. The Morgan fingerprint density at radius 3 is 2.90 bits per heavy atom. The number of fused-ring (bicyclic) bond motifs is 1. The molecule has 20 heavy (non-hydrogen) atoms. The summed E-state index contributed by atoms with van der Waals surface area (Å²) in [7, 11) is -1.40. The van der Waals surface area contributed by atoms with E-state index in [2.05, 4.69) is 4.98 Å². The third-order valence-corrected chi connectivity index (χ3v) is 4.06. The second-order valence-electron chi connectivity index (χ2n) is 4.28. The Balaban J connectivity index is 1.87. The van der Waals surface area contributed by atoms with Gasteiger partial charge in [-0.25, -0.2) is 9.37 Å². The fourth-order valence-corrected chi connectivity index (χ4v) is 2.84. The smallest absolute Gasteiger partial charge is 0.208 e. The second-order valence-corrected chi connectivity index (χ2v) is 5.73. The first kappa shape index (κ1) is 12.8. The van der Waals surface area contributed by atoms with Gasteiger partial charge in [-0.1, -0.05) is 6.07 Å². The van der Waals surface area contributed by atoms with E-state index in [0.29, 0.717) is 27.6 Å². The maximum Gasteiger partial charge on any atom is 0.208 e. The largest absolute Gasteiger partial charge is 0.440 e. The Hall–Kier alpha value is -2.21. The van der Waals surface area contributed by atoms with E-state index in [1.807, 2.05) is 0 Å². The molecule has 6 heteroatoms. The third-order valence-electron chi connectivity index (χ3n) is 2.77. The molecule has 1 unspecified atom stereocenters. The van der Waals surface area contributed by atoms with Crippen LogP contribution in [0.15, 0.2) is 51.8 Å². The lowest BCUT2D eigenvalue weighted by Gasteiger charge is -1.99. The summed E-state index contributed by atoms with van der Waals surface area (Å²) in [5.41, 5.74) is 7.44. The van der Waals surface area contributed by atoms with E-state index in [1.165, 1.54) is 18.2 Å². The molecule has 0 radical (unpaired) electrons. The van der Waals surface area contributed by atoms with Crippen molar-refractivity contribution in [2.45, 2.75) is 10.6 Å². The molecule has 1 heterocycles. The summed E-state index contributed by atoms with van der Waals surface area (Å²) in [5, 5.41) is 0. The SMILES string of the molecule is Nc1ccc2nc(CS(=O)c3cccc(F)c3)oc2c1. The van der Waals surface area contributed by atoms with Crippen molar-refractivity contribution in [3.8, 4) is 0 Å². The fourth-order valence-electron chi connectivity index (χ4n) is 1.85. The Kier molecular flexibility index (Phi) is 3.23. The molecule has 0 saturated heterocycles. The summed E-state index contributed by atoms with van der Waals surface area (Å²) in [6.07, 6.45) is 0. The maximum absolute atomic E-state index is 13.1. The summed E-state index contributed by atoms with van der Waals surface area (Å²) in [5.74, 6) is 0.0206. The van der Waals surface area contributed by atoms with Gasteiger partial charge in [0.15, 0.2) is 5.58 Å². The number of anilines is 1. The van der Waals surface area contributed by atoms with Crippen LogP contribution in [0.1, 0.15) is 5.89 Å². The second kappa shape index (κ2) is 5.05. The highest BCUT2D eigenvalue weighted by Crippen LogP contribution is 2.20. The first-order valence-corrected chi connectivity index (χ1v) is 7.22.